The van der Waals surface area contributed by atoms with Gasteiger partial charge < -0.3 is 4.90 Å². The molecular formula is C14H29N. The second-order valence-corrected chi connectivity index (χ2v) is 6.19. The van der Waals surface area contributed by atoms with Crippen molar-refractivity contribution in [2.45, 2.75) is 59.8 Å². The molecular weight excluding hydrogens is 182 g/mol. The third-order valence-electron chi connectivity index (χ3n) is 3.91. The fourth-order valence-electron chi connectivity index (χ4n) is 2.55. The van der Waals surface area contributed by atoms with E-state index < -0.39 is 0 Å². The Hall–Kier alpha value is -0.0400. The third kappa shape index (κ3) is 5.01. The first-order chi connectivity index (χ1) is 7.03. The van der Waals surface area contributed by atoms with Gasteiger partial charge in [-0.15, -0.1) is 0 Å². The van der Waals surface area contributed by atoms with E-state index in [1.54, 1.807) is 0 Å². The van der Waals surface area contributed by atoms with Gasteiger partial charge in [-0.1, -0.05) is 34.1 Å². The molecule has 0 amide bonds. The third-order valence-corrected chi connectivity index (χ3v) is 3.91. The SMILES string of the molecule is CCCC(C)(C)CCN1CCC(C)CC1. The van der Waals surface area contributed by atoms with Crippen LogP contribution in [0.4, 0.5) is 0 Å². The van der Waals surface area contributed by atoms with Crippen LogP contribution in [0.2, 0.25) is 0 Å². The van der Waals surface area contributed by atoms with Crippen LogP contribution in [-0.4, -0.2) is 24.5 Å². The Bertz CT molecular complexity index is 166. The summed E-state index contributed by atoms with van der Waals surface area (Å²) in [5.41, 5.74) is 0.553. The van der Waals surface area contributed by atoms with Crippen molar-refractivity contribution >= 4 is 0 Å². The molecule has 15 heavy (non-hydrogen) atoms. The van der Waals surface area contributed by atoms with Crippen molar-refractivity contribution in [1.29, 1.82) is 0 Å². The van der Waals surface area contributed by atoms with Gasteiger partial charge >= 0.3 is 0 Å². The molecule has 1 fully saturated rings. The highest BCUT2D eigenvalue weighted by atomic mass is 15.1. The number of hydrogen-bond acceptors (Lipinski definition) is 1. The Morgan fingerprint density at radius 2 is 1.73 bits per heavy atom. The maximum Gasteiger partial charge on any atom is -0.00136 e. The minimum Gasteiger partial charge on any atom is -0.303 e. The molecule has 0 spiro atoms. The van der Waals surface area contributed by atoms with Crippen LogP contribution in [0.5, 0.6) is 0 Å². The van der Waals surface area contributed by atoms with Crippen molar-refractivity contribution in [3.8, 4) is 0 Å². The second-order valence-electron chi connectivity index (χ2n) is 6.19. The Kier molecular flexibility index (Phi) is 5.11. The lowest BCUT2D eigenvalue weighted by atomic mass is 9.84. The van der Waals surface area contributed by atoms with Gasteiger partial charge in [0.05, 0.1) is 0 Å². The van der Waals surface area contributed by atoms with Crippen LogP contribution >= 0.6 is 0 Å². The quantitative estimate of drug-likeness (QED) is 0.666. The van der Waals surface area contributed by atoms with Crippen LogP contribution in [0.3, 0.4) is 0 Å². The van der Waals surface area contributed by atoms with E-state index in [4.69, 9.17) is 0 Å². The highest BCUT2D eigenvalue weighted by molar-refractivity contribution is 4.74. The standard InChI is InChI=1S/C14H29N/c1-5-8-14(3,4)9-12-15-10-6-13(2)7-11-15/h13H,5-12H2,1-4H3. The van der Waals surface area contributed by atoms with E-state index in [0.717, 1.165) is 5.92 Å². The summed E-state index contributed by atoms with van der Waals surface area (Å²) in [6, 6.07) is 0. The fraction of sp³-hybridized carbons (Fsp3) is 1.00. The normalized spacial score (nSPS) is 20.8. The van der Waals surface area contributed by atoms with Gasteiger partial charge in [0.2, 0.25) is 0 Å². The molecule has 1 nitrogen and oxygen atoms in total. The topological polar surface area (TPSA) is 3.24 Å². The van der Waals surface area contributed by atoms with E-state index in [-0.39, 0.29) is 0 Å². The minimum absolute atomic E-state index is 0.553. The molecule has 1 saturated heterocycles. The largest absolute Gasteiger partial charge is 0.303 e. The summed E-state index contributed by atoms with van der Waals surface area (Å²) in [4.78, 5) is 2.66. The van der Waals surface area contributed by atoms with E-state index in [2.05, 4.69) is 32.6 Å². The lowest BCUT2D eigenvalue weighted by Gasteiger charge is -2.33. The molecule has 90 valence electrons. The first-order valence-corrected chi connectivity index (χ1v) is 6.76. The summed E-state index contributed by atoms with van der Waals surface area (Å²) in [6.07, 6.45) is 6.89. The number of nitrogens with zero attached hydrogens (tertiary/aromatic N) is 1. The first kappa shape index (κ1) is 13.0. The summed E-state index contributed by atoms with van der Waals surface area (Å²) in [5.74, 6) is 0.963. The molecule has 0 unspecified atom stereocenters. The molecule has 1 heteroatoms. The molecule has 0 atom stereocenters. The average molecular weight is 211 g/mol. The van der Waals surface area contributed by atoms with Crippen LogP contribution in [-0.2, 0) is 0 Å². The maximum atomic E-state index is 2.66. The zero-order chi connectivity index (χ0) is 11.3. The molecule has 1 rings (SSSR count). The van der Waals surface area contributed by atoms with E-state index in [9.17, 15) is 0 Å². The lowest BCUT2D eigenvalue weighted by molar-refractivity contribution is 0.161. The summed E-state index contributed by atoms with van der Waals surface area (Å²) in [6.45, 7) is 13.5. The molecule has 1 aliphatic heterocycles. The fourth-order valence-corrected chi connectivity index (χ4v) is 2.55. The summed E-state index contributed by atoms with van der Waals surface area (Å²) in [5, 5.41) is 0. The predicted octanol–water partition coefficient (Wildman–Crippen LogP) is 3.93. The van der Waals surface area contributed by atoms with Gasteiger partial charge in [-0.25, -0.2) is 0 Å². The Balaban J connectivity index is 2.19. The van der Waals surface area contributed by atoms with Gasteiger partial charge in [0.1, 0.15) is 0 Å². The second kappa shape index (κ2) is 5.89. The molecule has 0 aromatic heterocycles. The smallest absolute Gasteiger partial charge is 0.00136 e. The molecule has 0 N–H and O–H groups in total. The van der Waals surface area contributed by atoms with Crippen molar-refractivity contribution in [3.05, 3.63) is 0 Å². The van der Waals surface area contributed by atoms with Crippen LogP contribution in [0.25, 0.3) is 0 Å². The molecule has 0 aliphatic carbocycles. The van der Waals surface area contributed by atoms with E-state index in [0.29, 0.717) is 5.41 Å². The molecule has 0 radical (unpaired) electrons. The van der Waals surface area contributed by atoms with Gasteiger partial charge in [-0.05, 0) is 56.7 Å². The van der Waals surface area contributed by atoms with Gasteiger partial charge in [-0.2, -0.15) is 0 Å². The summed E-state index contributed by atoms with van der Waals surface area (Å²) in [7, 11) is 0. The lowest BCUT2D eigenvalue weighted by Crippen LogP contribution is -2.35. The van der Waals surface area contributed by atoms with Gasteiger partial charge in [0.25, 0.3) is 0 Å². The van der Waals surface area contributed by atoms with Gasteiger partial charge in [0, 0.05) is 0 Å². The molecule has 1 heterocycles. The van der Waals surface area contributed by atoms with Crippen molar-refractivity contribution in [2.75, 3.05) is 19.6 Å². The highest BCUT2D eigenvalue weighted by Crippen LogP contribution is 2.27. The Labute approximate surface area is 96.2 Å². The zero-order valence-electron chi connectivity index (χ0n) is 11.2. The maximum absolute atomic E-state index is 2.66. The number of rotatable bonds is 5. The van der Waals surface area contributed by atoms with Crippen LogP contribution in [0.1, 0.15) is 59.8 Å². The Morgan fingerprint density at radius 1 is 1.13 bits per heavy atom. The molecule has 0 saturated carbocycles. The minimum atomic E-state index is 0.553. The Morgan fingerprint density at radius 3 is 2.27 bits per heavy atom. The van der Waals surface area contributed by atoms with Gasteiger partial charge in [0.15, 0.2) is 0 Å². The molecule has 1 aliphatic rings. The van der Waals surface area contributed by atoms with Crippen molar-refractivity contribution in [3.63, 3.8) is 0 Å². The monoisotopic (exact) mass is 211 g/mol. The van der Waals surface area contributed by atoms with Crippen LogP contribution in [0.15, 0.2) is 0 Å². The first-order valence-electron chi connectivity index (χ1n) is 6.76. The van der Waals surface area contributed by atoms with Gasteiger partial charge in [-0.3, -0.25) is 0 Å². The molecule has 0 bridgehead atoms. The van der Waals surface area contributed by atoms with Crippen LogP contribution < -0.4 is 0 Å². The van der Waals surface area contributed by atoms with E-state index in [1.165, 1.54) is 51.7 Å². The summed E-state index contributed by atoms with van der Waals surface area (Å²) < 4.78 is 0. The number of piperidine rings is 1. The highest BCUT2D eigenvalue weighted by Gasteiger charge is 2.20. The molecule has 0 aromatic carbocycles. The number of likely N-dealkylation sites (tertiary alicyclic amines) is 1. The molecule has 0 aromatic rings. The average Bonchev–Trinajstić information content (AvgIpc) is 2.17. The van der Waals surface area contributed by atoms with Crippen molar-refractivity contribution < 1.29 is 0 Å². The number of hydrogen-bond donors (Lipinski definition) is 0. The van der Waals surface area contributed by atoms with E-state index in [1.807, 2.05) is 0 Å². The van der Waals surface area contributed by atoms with Crippen LogP contribution in [0, 0.1) is 11.3 Å². The van der Waals surface area contributed by atoms with E-state index >= 15 is 0 Å². The zero-order valence-corrected chi connectivity index (χ0v) is 11.2. The van der Waals surface area contributed by atoms with Crippen molar-refractivity contribution in [2.24, 2.45) is 11.3 Å². The summed E-state index contributed by atoms with van der Waals surface area (Å²) >= 11 is 0. The van der Waals surface area contributed by atoms with Crippen molar-refractivity contribution in [1.82, 2.24) is 4.90 Å². The predicted molar refractivity (Wildman–Crippen MR) is 68.1 cm³/mol.